The highest BCUT2D eigenvalue weighted by Gasteiger charge is 2.13. The third-order valence-corrected chi connectivity index (χ3v) is 5.73. The van der Waals surface area contributed by atoms with Gasteiger partial charge in [0.2, 0.25) is 0 Å². The van der Waals surface area contributed by atoms with Gasteiger partial charge in [0.25, 0.3) is 0 Å². The molecule has 0 unspecified atom stereocenters. The smallest absolute Gasteiger partial charge is 0.0457 e. The number of fused-ring (bicyclic) bond motifs is 1. The Kier molecular flexibility index (Phi) is 5.42. The minimum Gasteiger partial charge on any atom is -0.361 e. The summed E-state index contributed by atoms with van der Waals surface area (Å²) in [5.74, 6) is 0. The maximum Gasteiger partial charge on any atom is 0.0457 e. The zero-order valence-electron chi connectivity index (χ0n) is 15.0. The molecule has 2 heterocycles. The fourth-order valence-corrected chi connectivity index (χ4v) is 4.15. The Labute approximate surface area is 160 Å². The van der Waals surface area contributed by atoms with Crippen molar-refractivity contribution in [2.45, 2.75) is 25.7 Å². The van der Waals surface area contributed by atoms with E-state index in [4.69, 9.17) is 11.6 Å². The lowest BCUT2D eigenvalue weighted by molar-refractivity contribution is 0.295. The summed E-state index contributed by atoms with van der Waals surface area (Å²) < 4.78 is 0. The quantitative estimate of drug-likeness (QED) is 0.537. The molecule has 0 bridgehead atoms. The maximum atomic E-state index is 6.43. The number of unbranched alkanes of at least 4 members (excludes halogenated alkanes) is 1. The number of aromatic amines is 1. The molecule has 3 heteroatoms. The van der Waals surface area contributed by atoms with Crippen LogP contribution in [0.2, 0.25) is 5.02 Å². The zero-order chi connectivity index (χ0) is 17.8. The Morgan fingerprint density at radius 1 is 1.00 bits per heavy atom. The first-order chi connectivity index (χ1) is 12.8. The lowest BCUT2D eigenvalue weighted by atomic mass is 9.99. The van der Waals surface area contributed by atoms with Crippen LogP contribution < -0.4 is 0 Å². The molecule has 0 fully saturated rings. The molecule has 26 heavy (non-hydrogen) atoms. The summed E-state index contributed by atoms with van der Waals surface area (Å²) in [6.07, 6.45) is 8.98. The van der Waals surface area contributed by atoms with Gasteiger partial charge in [0.15, 0.2) is 0 Å². The van der Waals surface area contributed by atoms with Crippen LogP contribution in [0.3, 0.4) is 0 Å². The highest BCUT2D eigenvalue weighted by Crippen LogP contribution is 2.27. The number of rotatable bonds is 6. The van der Waals surface area contributed by atoms with Crippen molar-refractivity contribution in [1.82, 2.24) is 9.88 Å². The van der Waals surface area contributed by atoms with Crippen LogP contribution in [0.5, 0.6) is 0 Å². The van der Waals surface area contributed by atoms with Crippen LogP contribution in [0.25, 0.3) is 16.5 Å². The van der Waals surface area contributed by atoms with Gasteiger partial charge in [0, 0.05) is 35.2 Å². The number of aryl methyl sites for hydroxylation is 1. The second kappa shape index (κ2) is 8.11. The van der Waals surface area contributed by atoms with Gasteiger partial charge >= 0.3 is 0 Å². The number of halogens is 1. The van der Waals surface area contributed by atoms with Crippen molar-refractivity contribution in [2.75, 3.05) is 19.6 Å². The Morgan fingerprint density at radius 2 is 1.88 bits per heavy atom. The zero-order valence-corrected chi connectivity index (χ0v) is 15.8. The third kappa shape index (κ3) is 3.87. The predicted octanol–water partition coefficient (Wildman–Crippen LogP) is 5.93. The minimum atomic E-state index is 0.894. The normalized spacial score (nSPS) is 15.3. The highest BCUT2D eigenvalue weighted by atomic mass is 35.5. The van der Waals surface area contributed by atoms with Crippen molar-refractivity contribution in [2.24, 2.45) is 0 Å². The van der Waals surface area contributed by atoms with E-state index in [1.54, 1.807) is 0 Å². The van der Waals surface area contributed by atoms with Gasteiger partial charge < -0.3 is 4.98 Å². The molecule has 3 aromatic rings. The summed E-state index contributed by atoms with van der Waals surface area (Å²) in [7, 11) is 0. The van der Waals surface area contributed by atoms with E-state index in [-0.39, 0.29) is 0 Å². The third-order valence-electron chi connectivity index (χ3n) is 5.38. The Hall–Kier alpha value is -2.03. The van der Waals surface area contributed by atoms with Gasteiger partial charge in [-0.2, -0.15) is 0 Å². The van der Waals surface area contributed by atoms with E-state index in [2.05, 4.69) is 58.4 Å². The molecule has 2 aromatic carbocycles. The van der Waals surface area contributed by atoms with Crippen molar-refractivity contribution in [1.29, 1.82) is 0 Å². The molecule has 0 spiro atoms. The molecule has 1 aromatic heterocycles. The van der Waals surface area contributed by atoms with Crippen LogP contribution in [0.4, 0.5) is 0 Å². The summed E-state index contributed by atoms with van der Waals surface area (Å²) in [5, 5.41) is 2.16. The second-order valence-corrected chi connectivity index (χ2v) is 7.48. The van der Waals surface area contributed by atoms with Crippen molar-refractivity contribution >= 4 is 28.1 Å². The summed E-state index contributed by atoms with van der Waals surface area (Å²) >= 11 is 6.43. The van der Waals surface area contributed by atoms with Gasteiger partial charge in [0.1, 0.15) is 0 Å². The van der Waals surface area contributed by atoms with Gasteiger partial charge in [-0.15, -0.1) is 0 Å². The van der Waals surface area contributed by atoms with Gasteiger partial charge in [-0.3, -0.25) is 4.90 Å². The molecule has 4 rings (SSSR count). The lowest BCUT2D eigenvalue weighted by Gasteiger charge is -2.26. The highest BCUT2D eigenvalue weighted by molar-refractivity contribution is 6.32. The van der Waals surface area contributed by atoms with Crippen LogP contribution in [-0.4, -0.2) is 29.5 Å². The Bertz CT molecular complexity index is 895. The molecule has 1 N–H and O–H groups in total. The molecule has 1 aliphatic heterocycles. The first-order valence-corrected chi connectivity index (χ1v) is 9.90. The average molecular weight is 365 g/mol. The van der Waals surface area contributed by atoms with E-state index in [1.165, 1.54) is 47.0 Å². The van der Waals surface area contributed by atoms with E-state index < -0.39 is 0 Å². The van der Waals surface area contributed by atoms with Gasteiger partial charge in [-0.25, -0.2) is 0 Å². The van der Waals surface area contributed by atoms with Gasteiger partial charge in [0.05, 0.1) is 0 Å². The van der Waals surface area contributed by atoms with E-state index >= 15 is 0 Å². The SMILES string of the molecule is Clc1ccc2[nH]ccc2c1CCCCN1CC=C(c2ccccc2)CC1. The largest absolute Gasteiger partial charge is 0.361 e. The number of nitrogens with zero attached hydrogens (tertiary/aromatic N) is 1. The molecule has 0 radical (unpaired) electrons. The Morgan fingerprint density at radius 3 is 2.69 bits per heavy atom. The van der Waals surface area contributed by atoms with Crippen LogP contribution in [0.1, 0.15) is 30.4 Å². The van der Waals surface area contributed by atoms with Crippen molar-refractivity contribution < 1.29 is 0 Å². The van der Waals surface area contributed by atoms with Crippen LogP contribution in [0.15, 0.2) is 60.8 Å². The summed E-state index contributed by atoms with van der Waals surface area (Å²) in [6, 6.07) is 17.0. The van der Waals surface area contributed by atoms with Crippen molar-refractivity contribution in [3.8, 4) is 0 Å². The van der Waals surface area contributed by atoms with Crippen LogP contribution >= 0.6 is 11.6 Å². The van der Waals surface area contributed by atoms with Gasteiger partial charge in [-0.05, 0) is 67.1 Å². The van der Waals surface area contributed by atoms with E-state index in [1.807, 2.05) is 12.3 Å². The molecule has 0 aliphatic carbocycles. The average Bonchev–Trinajstić information content (AvgIpc) is 3.17. The second-order valence-electron chi connectivity index (χ2n) is 7.07. The summed E-state index contributed by atoms with van der Waals surface area (Å²) in [5.41, 5.74) is 5.34. The van der Waals surface area contributed by atoms with E-state index in [0.29, 0.717) is 0 Å². The lowest BCUT2D eigenvalue weighted by Crippen LogP contribution is -2.29. The minimum absolute atomic E-state index is 0.894. The molecule has 134 valence electrons. The molecule has 1 aliphatic rings. The number of hydrogen-bond acceptors (Lipinski definition) is 1. The Balaban J connectivity index is 1.27. The van der Waals surface area contributed by atoms with E-state index in [0.717, 1.165) is 31.0 Å². The molecule has 0 atom stereocenters. The molecular formula is C23H25ClN2. The van der Waals surface area contributed by atoms with Crippen molar-refractivity contribution in [3.63, 3.8) is 0 Å². The van der Waals surface area contributed by atoms with E-state index in [9.17, 15) is 0 Å². The molecule has 2 nitrogen and oxygen atoms in total. The van der Waals surface area contributed by atoms with Gasteiger partial charge in [-0.1, -0.05) is 48.0 Å². The molecular weight excluding hydrogens is 340 g/mol. The number of benzene rings is 2. The monoisotopic (exact) mass is 364 g/mol. The van der Waals surface area contributed by atoms with Crippen molar-refractivity contribution in [3.05, 3.63) is 77.0 Å². The topological polar surface area (TPSA) is 19.0 Å². The first kappa shape index (κ1) is 17.4. The fraction of sp³-hybridized carbons (Fsp3) is 0.304. The van der Waals surface area contributed by atoms with Crippen LogP contribution in [0, 0.1) is 0 Å². The maximum absolute atomic E-state index is 6.43. The summed E-state index contributed by atoms with van der Waals surface area (Å²) in [4.78, 5) is 5.83. The molecule has 0 saturated carbocycles. The fourth-order valence-electron chi connectivity index (χ4n) is 3.89. The number of hydrogen-bond donors (Lipinski definition) is 1. The summed E-state index contributed by atoms with van der Waals surface area (Å²) in [6.45, 7) is 3.40. The first-order valence-electron chi connectivity index (χ1n) is 9.52. The standard InChI is InChI=1S/C23H25ClN2/c24-22-9-10-23-21(11-14-25-23)20(22)8-4-5-15-26-16-12-19(13-17-26)18-6-2-1-3-7-18/h1-3,6-7,9-12,14,25H,4-5,8,13,15-17H2. The number of nitrogens with one attached hydrogen (secondary N) is 1. The van der Waals surface area contributed by atoms with Crippen LogP contribution in [-0.2, 0) is 6.42 Å². The molecule has 0 saturated heterocycles. The predicted molar refractivity (Wildman–Crippen MR) is 112 cm³/mol. The molecule has 0 amide bonds. The number of H-pyrrole nitrogens is 1. The number of aromatic nitrogens is 1.